The molecule has 2 rings (SSSR count). The summed E-state index contributed by atoms with van der Waals surface area (Å²) in [4.78, 5) is 17.0. The molecule has 0 saturated heterocycles. The lowest BCUT2D eigenvalue weighted by Gasteiger charge is -2.34. The summed E-state index contributed by atoms with van der Waals surface area (Å²) in [5, 5.41) is 9.37. The molecule has 1 fully saturated rings. The monoisotopic (exact) mass is 295 g/mol. The number of aromatic nitrogens is 3. The second kappa shape index (κ2) is 7.37. The van der Waals surface area contributed by atoms with Crippen LogP contribution in [0.5, 0.6) is 0 Å². The number of nitrogens with one attached hydrogen (secondary N) is 1. The Morgan fingerprint density at radius 1 is 1.14 bits per heavy atom. The van der Waals surface area contributed by atoms with Gasteiger partial charge in [0, 0.05) is 26.7 Å². The Bertz CT molecular complexity index is 448. The van der Waals surface area contributed by atoms with Crippen LogP contribution in [-0.4, -0.2) is 53.3 Å². The van der Waals surface area contributed by atoms with Gasteiger partial charge in [0.2, 0.25) is 17.8 Å². The zero-order valence-corrected chi connectivity index (χ0v) is 12.8. The zero-order chi connectivity index (χ0) is 15.2. The minimum Gasteiger partial charge on any atom is -0.395 e. The number of anilines is 3. The van der Waals surface area contributed by atoms with Crippen molar-refractivity contribution in [1.82, 2.24) is 15.0 Å². The van der Waals surface area contributed by atoms with E-state index in [1.54, 1.807) is 0 Å². The molecule has 0 spiro atoms. The van der Waals surface area contributed by atoms with Crippen molar-refractivity contribution in [1.29, 1.82) is 0 Å². The summed E-state index contributed by atoms with van der Waals surface area (Å²) in [5.74, 6) is 6.91. The van der Waals surface area contributed by atoms with Crippen LogP contribution in [0.4, 0.5) is 17.8 Å². The van der Waals surface area contributed by atoms with Gasteiger partial charge in [-0.3, -0.25) is 5.43 Å². The van der Waals surface area contributed by atoms with E-state index in [9.17, 15) is 5.11 Å². The summed E-state index contributed by atoms with van der Waals surface area (Å²) in [5.41, 5.74) is 2.48. The van der Waals surface area contributed by atoms with Crippen molar-refractivity contribution in [3.63, 3.8) is 0 Å². The number of aliphatic hydroxyl groups is 1. The van der Waals surface area contributed by atoms with Gasteiger partial charge < -0.3 is 14.9 Å². The van der Waals surface area contributed by atoms with Gasteiger partial charge in [-0.15, -0.1) is 0 Å². The number of aliphatic hydroxyl groups excluding tert-OH is 1. The van der Waals surface area contributed by atoms with Crippen LogP contribution in [0.25, 0.3) is 0 Å². The maximum absolute atomic E-state index is 9.37. The highest BCUT2D eigenvalue weighted by molar-refractivity contribution is 5.44. The van der Waals surface area contributed by atoms with Crippen LogP contribution in [-0.2, 0) is 0 Å². The highest BCUT2D eigenvalue weighted by Crippen LogP contribution is 2.26. The van der Waals surface area contributed by atoms with Gasteiger partial charge in [0.15, 0.2) is 0 Å². The molecule has 118 valence electrons. The maximum atomic E-state index is 9.37. The van der Waals surface area contributed by atoms with Crippen molar-refractivity contribution in [3.05, 3.63) is 0 Å². The average molecular weight is 295 g/mol. The average Bonchev–Trinajstić information content (AvgIpc) is 2.52. The van der Waals surface area contributed by atoms with E-state index in [4.69, 9.17) is 5.84 Å². The summed E-state index contributed by atoms with van der Waals surface area (Å²) in [6, 6.07) is 0.369. The van der Waals surface area contributed by atoms with E-state index in [0.29, 0.717) is 30.4 Å². The first-order valence-electron chi connectivity index (χ1n) is 7.43. The van der Waals surface area contributed by atoms with Gasteiger partial charge in [-0.1, -0.05) is 19.3 Å². The van der Waals surface area contributed by atoms with Crippen LogP contribution < -0.4 is 21.1 Å². The lowest BCUT2D eigenvalue weighted by atomic mass is 9.94. The van der Waals surface area contributed by atoms with Crippen molar-refractivity contribution in [2.45, 2.75) is 38.1 Å². The number of nitrogens with zero attached hydrogens (tertiary/aromatic N) is 5. The molecule has 4 N–H and O–H groups in total. The lowest BCUT2D eigenvalue weighted by Crippen LogP contribution is -2.40. The van der Waals surface area contributed by atoms with Crippen molar-refractivity contribution in [2.24, 2.45) is 5.84 Å². The van der Waals surface area contributed by atoms with E-state index >= 15 is 0 Å². The fraction of sp³-hybridized carbons (Fsp3) is 0.769. The summed E-state index contributed by atoms with van der Waals surface area (Å²) in [6.45, 7) is 0.594. The van der Waals surface area contributed by atoms with Gasteiger partial charge in [-0.2, -0.15) is 15.0 Å². The quantitative estimate of drug-likeness (QED) is 0.510. The molecule has 8 nitrogen and oxygen atoms in total. The second-order valence-electron chi connectivity index (χ2n) is 5.51. The normalized spacial score (nSPS) is 15.8. The molecule has 0 aliphatic heterocycles. The Hall–Kier alpha value is -1.67. The SMILES string of the molecule is CN(C)c1nc(NN)nc(N(CCO)C2CCCCC2)n1. The Labute approximate surface area is 125 Å². The Balaban J connectivity index is 2.31. The molecule has 0 bridgehead atoms. The van der Waals surface area contributed by atoms with Crippen molar-refractivity contribution < 1.29 is 5.11 Å². The molecule has 1 aliphatic carbocycles. The number of rotatable bonds is 6. The molecule has 0 atom stereocenters. The molecule has 0 amide bonds. The van der Waals surface area contributed by atoms with Gasteiger partial charge in [0.1, 0.15) is 0 Å². The molecule has 1 aromatic rings. The Morgan fingerprint density at radius 2 is 1.81 bits per heavy atom. The summed E-state index contributed by atoms with van der Waals surface area (Å²) < 4.78 is 0. The zero-order valence-electron chi connectivity index (χ0n) is 12.8. The first-order chi connectivity index (χ1) is 10.2. The lowest BCUT2D eigenvalue weighted by molar-refractivity contribution is 0.288. The minimum absolute atomic E-state index is 0.0743. The number of hydrazine groups is 1. The predicted octanol–water partition coefficient (Wildman–Crippen LogP) is 0.355. The molecule has 0 aromatic carbocycles. The molecule has 21 heavy (non-hydrogen) atoms. The highest BCUT2D eigenvalue weighted by atomic mass is 16.3. The van der Waals surface area contributed by atoms with Crippen molar-refractivity contribution in [2.75, 3.05) is 42.5 Å². The summed E-state index contributed by atoms with van der Waals surface area (Å²) in [6.07, 6.45) is 5.91. The van der Waals surface area contributed by atoms with Gasteiger partial charge in [0.25, 0.3) is 0 Å². The number of nitrogens with two attached hydrogens (primary N) is 1. The van der Waals surface area contributed by atoms with E-state index < -0.39 is 0 Å². The largest absolute Gasteiger partial charge is 0.395 e. The fourth-order valence-electron chi connectivity index (χ4n) is 2.69. The van der Waals surface area contributed by atoms with E-state index in [1.807, 2.05) is 19.0 Å². The summed E-state index contributed by atoms with van der Waals surface area (Å²) >= 11 is 0. The maximum Gasteiger partial charge on any atom is 0.243 e. The second-order valence-corrected chi connectivity index (χ2v) is 5.51. The van der Waals surface area contributed by atoms with Gasteiger partial charge in [-0.25, -0.2) is 5.84 Å². The van der Waals surface area contributed by atoms with Crippen molar-refractivity contribution >= 4 is 17.8 Å². The fourth-order valence-corrected chi connectivity index (χ4v) is 2.69. The smallest absolute Gasteiger partial charge is 0.243 e. The Kier molecular flexibility index (Phi) is 5.51. The van der Waals surface area contributed by atoms with Crippen molar-refractivity contribution in [3.8, 4) is 0 Å². The third kappa shape index (κ3) is 3.92. The van der Waals surface area contributed by atoms with Crippen LogP contribution in [0.2, 0.25) is 0 Å². The van der Waals surface area contributed by atoms with Gasteiger partial charge in [-0.05, 0) is 12.8 Å². The third-order valence-electron chi connectivity index (χ3n) is 3.75. The molecule has 0 unspecified atom stereocenters. The van der Waals surface area contributed by atoms with Gasteiger partial charge >= 0.3 is 0 Å². The standard InChI is InChI=1S/C13H25N7O/c1-19(2)12-15-11(18-14)16-13(17-12)20(8-9-21)10-6-4-3-5-7-10/h10,21H,3-9,14H2,1-2H3,(H,15,16,17,18). The topological polar surface area (TPSA) is 103 Å². The molecular weight excluding hydrogens is 270 g/mol. The third-order valence-corrected chi connectivity index (χ3v) is 3.75. The van der Waals surface area contributed by atoms with Crippen LogP contribution in [0.1, 0.15) is 32.1 Å². The molecule has 1 aliphatic rings. The Morgan fingerprint density at radius 3 is 2.38 bits per heavy atom. The highest BCUT2D eigenvalue weighted by Gasteiger charge is 2.24. The molecule has 1 saturated carbocycles. The molecular formula is C13H25N7O. The summed E-state index contributed by atoms with van der Waals surface area (Å²) in [7, 11) is 3.74. The molecule has 1 aromatic heterocycles. The van der Waals surface area contributed by atoms with Crippen LogP contribution in [0, 0.1) is 0 Å². The first kappa shape index (κ1) is 15.7. The number of nitrogen functional groups attached to an aromatic ring is 1. The van der Waals surface area contributed by atoms with E-state index in [0.717, 1.165) is 12.8 Å². The minimum atomic E-state index is 0.0743. The van der Waals surface area contributed by atoms with E-state index in [-0.39, 0.29) is 6.61 Å². The van der Waals surface area contributed by atoms with Crippen LogP contribution in [0.15, 0.2) is 0 Å². The van der Waals surface area contributed by atoms with Gasteiger partial charge in [0.05, 0.1) is 6.61 Å². The van der Waals surface area contributed by atoms with E-state index in [2.05, 4.69) is 25.3 Å². The molecule has 8 heteroatoms. The number of hydrogen-bond acceptors (Lipinski definition) is 8. The molecule has 0 radical (unpaired) electrons. The molecule has 1 heterocycles. The van der Waals surface area contributed by atoms with Crippen LogP contribution >= 0.6 is 0 Å². The predicted molar refractivity (Wildman–Crippen MR) is 83.3 cm³/mol. The van der Waals surface area contributed by atoms with Crippen LogP contribution in [0.3, 0.4) is 0 Å². The number of hydrogen-bond donors (Lipinski definition) is 3. The van der Waals surface area contributed by atoms with E-state index in [1.165, 1.54) is 19.3 Å². The first-order valence-corrected chi connectivity index (χ1v) is 7.43.